The molecule has 1 aromatic rings. The number of nitrogens with one attached hydrogen (secondary N) is 1. The van der Waals surface area contributed by atoms with Crippen molar-refractivity contribution in [2.24, 2.45) is 33.7 Å². The number of aliphatic hydroxyl groups excluding tert-OH is 1. The topological polar surface area (TPSA) is 172 Å². The molecule has 5 rings (SSSR count). The van der Waals surface area contributed by atoms with Gasteiger partial charge in [-0.2, -0.15) is 0 Å². The number of amides is 1. The number of carbonyl (C=O) groups excluding carboxylic acids is 1. The number of hydrogen-bond donors (Lipinski definition) is 4. The van der Waals surface area contributed by atoms with E-state index in [9.17, 15) is 35.0 Å². The smallest absolute Gasteiger partial charge is 0.329 e. The summed E-state index contributed by atoms with van der Waals surface area (Å²) in [5.74, 6) is -0.763. The minimum absolute atomic E-state index is 0.0179. The summed E-state index contributed by atoms with van der Waals surface area (Å²) in [7, 11) is 0. The molecule has 0 radical (unpaired) electrons. The molecule has 4 aliphatic rings. The summed E-state index contributed by atoms with van der Waals surface area (Å²) in [5.41, 5.74) is 0.745. The standard InChI is InChI=1S/C31H39N3O8/c1-29-12-9-20(16-19(29)7-8-22-23(29)10-13-30(2)24(22)11-14-31(30,3)39)33-42-17-25(35)32-26(28(37)38)27(36)18-5-4-6-21(15-18)34(40)41/h4-6,9,12,15-16,22-24,26-27,36,39H,7-8,10-11,13-14,17H2,1-3H3,(H,32,35)(H,37,38)/t22-,23+,24+,26+,27-,29+,30+,31+/m1/s1. The molecule has 0 heterocycles. The molecule has 0 bridgehead atoms. The highest BCUT2D eigenvalue weighted by molar-refractivity contribution is 6.05. The molecule has 42 heavy (non-hydrogen) atoms. The Morgan fingerprint density at radius 3 is 2.64 bits per heavy atom. The number of hydrogen-bond acceptors (Lipinski definition) is 8. The minimum Gasteiger partial charge on any atom is -0.480 e. The Balaban J connectivity index is 1.20. The van der Waals surface area contributed by atoms with Crippen LogP contribution in [0.4, 0.5) is 5.69 Å². The number of nitro benzene ring substituents is 1. The van der Waals surface area contributed by atoms with Crippen molar-refractivity contribution in [2.45, 2.75) is 77.0 Å². The summed E-state index contributed by atoms with van der Waals surface area (Å²) in [5, 5.41) is 48.5. The average molecular weight is 582 g/mol. The monoisotopic (exact) mass is 581 g/mol. The van der Waals surface area contributed by atoms with E-state index >= 15 is 0 Å². The second kappa shape index (κ2) is 10.9. The summed E-state index contributed by atoms with van der Waals surface area (Å²) in [4.78, 5) is 39.8. The van der Waals surface area contributed by atoms with Gasteiger partial charge in [-0.3, -0.25) is 14.9 Å². The molecule has 11 heteroatoms. The van der Waals surface area contributed by atoms with Crippen molar-refractivity contribution >= 4 is 23.3 Å². The second-order valence-electron chi connectivity index (χ2n) is 12.9. The van der Waals surface area contributed by atoms with Gasteiger partial charge < -0.3 is 25.5 Å². The van der Waals surface area contributed by atoms with Gasteiger partial charge in [0.1, 0.15) is 11.8 Å². The zero-order valence-electron chi connectivity index (χ0n) is 24.2. The summed E-state index contributed by atoms with van der Waals surface area (Å²) in [6.07, 6.45) is 10.4. The number of nitro groups is 1. The predicted molar refractivity (Wildman–Crippen MR) is 153 cm³/mol. The van der Waals surface area contributed by atoms with E-state index in [-0.39, 0.29) is 22.1 Å². The van der Waals surface area contributed by atoms with E-state index in [0.717, 1.165) is 44.6 Å². The van der Waals surface area contributed by atoms with Crippen molar-refractivity contribution < 1.29 is 34.7 Å². The fourth-order valence-corrected chi connectivity index (χ4v) is 8.18. The Kier molecular flexibility index (Phi) is 7.78. The SMILES string of the molecule is C[C@]12C=CC(=NOCC(=O)N[C@H](C(=O)O)[C@H](O)c3cccc([N+](=O)[O-])c3)C=C1CC[C@@H]1[C@@H]2CC[C@@]2(C)[C@H]1CC[C@]2(C)O. The lowest BCUT2D eigenvalue weighted by atomic mass is 9.47. The first-order valence-corrected chi connectivity index (χ1v) is 14.5. The molecule has 1 aromatic carbocycles. The van der Waals surface area contributed by atoms with Crippen LogP contribution in [0.15, 0.2) is 53.2 Å². The normalized spacial score (nSPS) is 35.7. The molecular weight excluding hydrogens is 542 g/mol. The number of non-ortho nitro benzene ring substituents is 1. The average Bonchev–Trinajstić information content (AvgIpc) is 3.19. The number of rotatable bonds is 8. The number of fused-ring (bicyclic) bond motifs is 5. The van der Waals surface area contributed by atoms with Gasteiger partial charge in [0.2, 0.25) is 0 Å². The van der Waals surface area contributed by atoms with E-state index in [1.807, 2.05) is 19.1 Å². The molecule has 3 saturated carbocycles. The van der Waals surface area contributed by atoms with Crippen LogP contribution in [0.3, 0.4) is 0 Å². The van der Waals surface area contributed by atoms with Crippen LogP contribution in [0.25, 0.3) is 0 Å². The predicted octanol–water partition coefficient (Wildman–Crippen LogP) is 4.06. The van der Waals surface area contributed by atoms with E-state index in [1.54, 1.807) is 0 Å². The second-order valence-corrected chi connectivity index (χ2v) is 12.9. The molecule has 0 spiro atoms. The molecule has 0 aliphatic heterocycles. The third kappa shape index (κ3) is 5.13. The maximum Gasteiger partial charge on any atom is 0.329 e. The van der Waals surface area contributed by atoms with Crippen molar-refractivity contribution in [1.29, 1.82) is 0 Å². The van der Waals surface area contributed by atoms with Crippen molar-refractivity contribution in [3.05, 3.63) is 63.7 Å². The zero-order valence-corrected chi connectivity index (χ0v) is 24.2. The molecule has 0 saturated heterocycles. The molecule has 1 amide bonds. The molecule has 11 nitrogen and oxygen atoms in total. The van der Waals surface area contributed by atoms with Gasteiger partial charge in [0, 0.05) is 17.5 Å². The molecule has 0 aromatic heterocycles. The Morgan fingerprint density at radius 1 is 1.19 bits per heavy atom. The van der Waals surface area contributed by atoms with Gasteiger partial charge in [0.05, 0.1) is 10.5 Å². The van der Waals surface area contributed by atoms with Gasteiger partial charge in [-0.15, -0.1) is 0 Å². The van der Waals surface area contributed by atoms with Crippen LogP contribution in [-0.2, 0) is 14.4 Å². The summed E-state index contributed by atoms with van der Waals surface area (Å²) in [6, 6.07) is 3.19. The van der Waals surface area contributed by atoms with Crippen LogP contribution >= 0.6 is 0 Å². The van der Waals surface area contributed by atoms with Crippen LogP contribution in [0.2, 0.25) is 0 Å². The first kappa shape index (κ1) is 29.9. The Hall–Kier alpha value is -3.57. The lowest BCUT2D eigenvalue weighted by molar-refractivity contribution is -0.385. The van der Waals surface area contributed by atoms with Gasteiger partial charge >= 0.3 is 5.97 Å². The number of aliphatic hydroxyl groups is 2. The number of carboxylic acid groups (broad SMARTS) is 1. The number of carboxylic acids is 1. The summed E-state index contributed by atoms with van der Waals surface area (Å²) < 4.78 is 0. The molecule has 226 valence electrons. The van der Waals surface area contributed by atoms with Crippen LogP contribution in [0.1, 0.15) is 71.0 Å². The third-order valence-corrected chi connectivity index (χ3v) is 10.8. The van der Waals surface area contributed by atoms with E-state index in [4.69, 9.17) is 4.84 Å². The summed E-state index contributed by atoms with van der Waals surface area (Å²) in [6.45, 7) is 5.99. The maximum atomic E-state index is 12.5. The highest BCUT2D eigenvalue weighted by Gasteiger charge is 2.62. The number of aliphatic carboxylic acids is 1. The fraction of sp³-hybridized carbons (Fsp3) is 0.581. The third-order valence-electron chi connectivity index (χ3n) is 10.8. The first-order valence-electron chi connectivity index (χ1n) is 14.5. The number of benzene rings is 1. The van der Waals surface area contributed by atoms with E-state index in [1.165, 1.54) is 23.8 Å². The van der Waals surface area contributed by atoms with Gasteiger partial charge in [-0.1, -0.05) is 42.8 Å². The first-order chi connectivity index (χ1) is 19.8. The highest BCUT2D eigenvalue weighted by Crippen LogP contribution is 2.66. The quantitative estimate of drug-likeness (QED) is 0.263. The van der Waals surface area contributed by atoms with Crippen molar-refractivity contribution in [1.82, 2.24) is 5.32 Å². The molecule has 4 N–H and O–H groups in total. The number of carbonyl (C=O) groups is 2. The number of nitrogens with zero attached hydrogens (tertiary/aromatic N) is 2. The van der Waals surface area contributed by atoms with E-state index < -0.39 is 41.2 Å². The van der Waals surface area contributed by atoms with Crippen LogP contribution < -0.4 is 5.32 Å². The van der Waals surface area contributed by atoms with E-state index in [0.29, 0.717) is 23.5 Å². The Morgan fingerprint density at radius 2 is 1.93 bits per heavy atom. The lowest BCUT2D eigenvalue weighted by Gasteiger charge is -2.58. The number of allylic oxidation sites excluding steroid dienone is 4. The van der Waals surface area contributed by atoms with Crippen molar-refractivity contribution in [3.63, 3.8) is 0 Å². The van der Waals surface area contributed by atoms with Gasteiger partial charge in [0.25, 0.3) is 11.6 Å². The van der Waals surface area contributed by atoms with Gasteiger partial charge in [-0.25, -0.2) is 4.79 Å². The summed E-state index contributed by atoms with van der Waals surface area (Å²) >= 11 is 0. The van der Waals surface area contributed by atoms with Crippen molar-refractivity contribution in [3.8, 4) is 0 Å². The minimum atomic E-state index is -1.75. The lowest BCUT2D eigenvalue weighted by Crippen LogP contribution is -2.53. The number of oxime groups is 1. The highest BCUT2D eigenvalue weighted by atomic mass is 16.6. The molecule has 0 unspecified atom stereocenters. The zero-order chi connectivity index (χ0) is 30.4. The maximum absolute atomic E-state index is 12.5. The molecule has 3 fully saturated rings. The Labute approximate surface area is 244 Å². The van der Waals surface area contributed by atoms with Crippen molar-refractivity contribution in [2.75, 3.05) is 6.61 Å². The Bertz CT molecular complexity index is 1370. The van der Waals surface area contributed by atoms with Crippen LogP contribution in [0.5, 0.6) is 0 Å². The van der Waals surface area contributed by atoms with Gasteiger partial charge in [0.15, 0.2) is 12.6 Å². The van der Waals surface area contributed by atoms with Crippen LogP contribution in [-0.4, -0.2) is 56.1 Å². The van der Waals surface area contributed by atoms with Crippen LogP contribution in [0, 0.1) is 38.7 Å². The molecule has 4 aliphatic carbocycles. The largest absolute Gasteiger partial charge is 0.480 e. The molecular formula is C31H39N3O8. The van der Waals surface area contributed by atoms with E-state index in [2.05, 4.69) is 30.4 Å². The fourth-order valence-electron chi connectivity index (χ4n) is 8.18. The molecule has 8 atom stereocenters. The van der Waals surface area contributed by atoms with Gasteiger partial charge in [-0.05, 0) is 86.3 Å².